The highest BCUT2D eigenvalue weighted by Crippen LogP contribution is 2.31. The molecule has 22 heavy (non-hydrogen) atoms. The van der Waals surface area contributed by atoms with E-state index in [0.717, 1.165) is 25.7 Å². The first-order valence-corrected chi connectivity index (χ1v) is 7.08. The monoisotopic (exact) mass is 309 g/mol. The molecule has 0 bridgehead atoms. The number of methoxy groups -OCH3 is 1. The lowest BCUT2D eigenvalue weighted by Gasteiger charge is -2.29. The highest BCUT2D eigenvalue weighted by atomic mass is 16.6. The SMILES string of the molecule is COc1ccc([N+](=O)[O-])cc1N[C@H]1CC[C@H](NC(=O)O)CC1. The summed E-state index contributed by atoms with van der Waals surface area (Å²) in [6.07, 6.45) is 2.05. The number of amides is 1. The van der Waals surface area contributed by atoms with Crippen molar-refractivity contribution in [2.24, 2.45) is 0 Å². The number of nitrogens with zero attached hydrogens (tertiary/aromatic N) is 1. The van der Waals surface area contributed by atoms with Gasteiger partial charge in [0.15, 0.2) is 0 Å². The molecule has 0 heterocycles. The summed E-state index contributed by atoms with van der Waals surface area (Å²) in [7, 11) is 1.51. The molecule has 2 rings (SSSR count). The average molecular weight is 309 g/mol. The summed E-state index contributed by atoms with van der Waals surface area (Å²) in [5.41, 5.74) is 0.593. The summed E-state index contributed by atoms with van der Waals surface area (Å²) in [5.74, 6) is 0.552. The van der Waals surface area contributed by atoms with Gasteiger partial charge in [-0.25, -0.2) is 4.79 Å². The number of nitrogens with one attached hydrogen (secondary N) is 2. The number of nitro benzene ring substituents is 1. The lowest BCUT2D eigenvalue weighted by Crippen LogP contribution is -2.39. The van der Waals surface area contributed by atoms with Crippen LogP contribution in [0.15, 0.2) is 18.2 Å². The van der Waals surface area contributed by atoms with E-state index in [1.165, 1.54) is 19.2 Å². The Kier molecular flexibility index (Phi) is 5.03. The minimum absolute atomic E-state index is 0.00419. The highest BCUT2D eigenvalue weighted by molar-refractivity contribution is 5.65. The van der Waals surface area contributed by atoms with E-state index in [9.17, 15) is 14.9 Å². The summed E-state index contributed by atoms with van der Waals surface area (Å²) >= 11 is 0. The van der Waals surface area contributed by atoms with Gasteiger partial charge in [0, 0.05) is 24.2 Å². The van der Waals surface area contributed by atoms with Gasteiger partial charge in [0.1, 0.15) is 5.75 Å². The number of carboxylic acid groups (broad SMARTS) is 1. The molecule has 1 aromatic carbocycles. The minimum Gasteiger partial charge on any atom is -0.495 e. The molecule has 1 aromatic rings. The van der Waals surface area contributed by atoms with Gasteiger partial charge in [0.2, 0.25) is 0 Å². The van der Waals surface area contributed by atoms with Gasteiger partial charge in [-0.2, -0.15) is 0 Å². The Morgan fingerprint density at radius 2 is 1.95 bits per heavy atom. The van der Waals surface area contributed by atoms with Gasteiger partial charge in [0.25, 0.3) is 5.69 Å². The van der Waals surface area contributed by atoms with Gasteiger partial charge in [-0.05, 0) is 31.7 Å². The van der Waals surface area contributed by atoms with Crippen LogP contribution in [0.4, 0.5) is 16.2 Å². The molecular weight excluding hydrogens is 290 g/mol. The maximum atomic E-state index is 10.9. The van der Waals surface area contributed by atoms with Crippen LogP contribution in [0.5, 0.6) is 5.75 Å². The lowest BCUT2D eigenvalue weighted by molar-refractivity contribution is -0.384. The second-order valence-electron chi connectivity index (χ2n) is 5.28. The predicted molar refractivity (Wildman–Crippen MR) is 80.5 cm³/mol. The molecule has 0 spiro atoms. The van der Waals surface area contributed by atoms with Crippen LogP contribution in [0.25, 0.3) is 0 Å². The molecule has 8 nitrogen and oxygen atoms in total. The van der Waals surface area contributed by atoms with Crippen LogP contribution in [-0.4, -0.2) is 35.3 Å². The Morgan fingerprint density at radius 3 is 2.50 bits per heavy atom. The summed E-state index contributed by atoms with van der Waals surface area (Å²) in [4.78, 5) is 21.0. The smallest absolute Gasteiger partial charge is 0.404 e. The van der Waals surface area contributed by atoms with Crippen LogP contribution in [0.2, 0.25) is 0 Å². The van der Waals surface area contributed by atoms with Crippen molar-refractivity contribution in [3.05, 3.63) is 28.3 Å². The molecule has 0 unspecified atom stereocenters. The largest absolute Gasteiger partial charge is 0.495 e. The van der Waals surface area contributed by atoms with Gasteiger partial charge >= 0.3 is 6.09 Å². The molecular formula is C14H19N3O5. The van der Waals surface area contributed by atoms with E-state index >= 15 is 0 Å². The number of anilines is 1. The molecule has 0 atom stereocenters. The predicted octanol–water partition coefficient (Wildman–Crippen LogP) is 2.59. The minimum atomic E-state index is -1.00. The standard InChI is InChI=1S/C14H19N3O5/c1-22-13-7-6-11(17(20)21)8-12(13)15-9-2-4-10(5-3-9)16-14(18)19/h6-10,15-16H,2-5H2,1H3,(H,18,19)/t9-,10-. The van der Waals surface area contributed by atoms with Gasteiger partial charge < -0.3 is 20.5 Å². The Morgan fingerprint density at radius 1 is 1.32 bits per heavy atom. The first-order chi connectivity index (χ1) is 10.5. The van der Waals surface area contributed by atoms with E-state index in [1.807, 2.05) is 0 Å². The van der Waals surface area contributed by atoms with Crippen molar-refractivity contribution in [1.29, 1.82) is 0 Å². The Hall–Kier alpha value is -2.51. The average Bonchev–Trinajstić information content (AvgIpc) is 2.48. The summed E-state index contributed by atoms with van der Waals surface area (Å²) < 4.78 is 5.22. The number of ether oxygens (including phenoxy) is 1. The second kappa shape index (κ2) is 6.97. The molecule has 8 heteroatoms. The zero-order chi connectivity index (χ0) is 16.1. The summed E-state index contributed by atoms with van der Waals surface area (Å²) in [6.45, 7) is 0. The van der Waals surface area contributed by atoms with Gasteiger partial charge in [0.05, 0.1) is 17.7 Å². The van der Waals surface area contributed by atoms with Crippen molar-refractivity contribution >= 4 is 17.5 Å². The molecule has 120 valence electrons. The van der Waals surface area contributed by atoms with Crippen molar-refractivity contribution in [2.75, 3.05) is 12.4 Å². The summed E-state index contributed by atoms with van der Waals surface area (Å²) in [5, 5.41) is 25.3. The van der Waals surface area contributed by atoms with Crippen LogP contribution >= 0.6 is 0 Å². The van der Waals surface area contributed by atoms with Gasteiger partial charge in [-0.3, -0.25) is 10.1 Å². The number of hydrogen-bond donors (Lipinski definition) is 3. The lowest BCUT2D eigenvalue weighted by atomic mass is 9.91. The molecule has 1 saturated carbocycles. The van der Waals surface area contributed by atoms with Crippen LogP contribution < -0.4 is 15.4 Å². The second-order valence-corrected chi connectivity index (χ2v) is 5.28. The maximum Gasteiger partial charge on any atom is 0.404 e. The number of non-ortho nitro benzene ring substituents is 1. The number of rotatable bonds is 5. The number of hydrogen-bond acceptors (Lipinski definition) is 5. The highest BCUT2D eigenvalue weighted by Gasteiger charge is 2.23. The van der Waals surface area contributed by atoms with Crippen molar-refractivity contribution in [2.45, 2.75) is 37.8 Å². The maximum absolute atomic E-state index is 10.9. The van der Waals surface area contributed by atoms with Gasteiger partial charge in [-0.1, -0.05) is 0 Å². The molecule has 0 aliphatic heterocycles. The molecule has 1 aliphatic carbocycles. The first-order valence-electron chi connectivity index (χ1n) is 7.08. The Labute approximate surface area is 127 Å². The van der Waals surface area contributed by atoms with Crippen molar-refractivity contribution < 1.29 is 19.6 Å². The fourth-order valence-corrected chi connectivity index (χ4v) is 2.70. The van der Waals surface area contributed by atoms with Crippen molar-refractivity contribution in [3.8, 4) is 5.75 Å². The number of benzene rings is 1. The zero-order valence-corrected chi connectivity index (χ0v) is 12.2. The Balaban J connectivity index is 2.00. The molecule has 0 saturated heterocycles. The van der Waals surface area contributed by atoms with E-state index in [2.05, 4.69) is 10.6 Å². The van der Waals surface area contributed by atoms with E-state index in [-0.39, 0.29) is 17.8 Å². The van der Waals surface area contributed by atoms with Crippen molar-refractivity contribution in [3.63, 3.8) is 0 Å². The van der Waals surface area contributed by atoms with Crippen molar-refractivity contribution in [1.82, 2.24) is 5.32 Å². The topological polar surface area (TPSA) is 114 Å². The number of carbonyl (C=O) groups is 1. The fraction of sp³-hybridized carbons (Fsp3) is 0.500. The molecule has 0 aromatic heterocycles. The molecule has 1 fully saturated rings. The van der Waals surface area contributed by atoms with E-state index in [1.54, 1.807) is 6.07 Å². The number of nitro groups is 1. The van der Waals surface area contributed by atoms with Crippen LogP contribution in [-0.2, 0) is 0 Å². The molecule has 3 N–H and O–H groups in total. The normalized spacial score (nSPS) is 21.0. The fourth-order valence-electron chi connectivity index (χ4n) is 2.70. The quantitative estimate of drug-likeness (QED) is 0.569. The zero-order valence-electron chi connectivity index (χ0n) is 12.2. The van der Waals surface area contributed by atoms with E-state index < -0.39 is 11.0 Å². The first kappa shape index (κ1) is 15.9. The molecule has 1 aliphatic rings. The summed E-state index contributed by atoms with van der Waals surface area (Å²) in [6, 6.07) is 4.54. The Bertz CT molecular complexity index is 555. The van der Waals surface area contributed by atoms with Gasteiger partial charge in [-0.15, -0.1) is 0 Å². The van der Waals surface area contributed by atoms with E-state index in [4.69, 9.17) is 9.84 Å². The third-order valence-corrected chi connectivity index (χ3v) is 3.81. The van der Waals surface area contributed by atoms with E-state index in [0.29, 0.717) is 11.4 Å². The van der Waals surface area contributed by atoms with Crippen LogP contribution in [0.3, 0.4) is 0 Å². The third kappa shape index (κ3) is 4.00. The molecule has 0 radical (unpaired) electrons. The van der Waals surface area contributed by atoms with Crippen LogP contribution in [0, 0.1) is 10.1 Å². The third-order valence-electron chi connectivity index (χ3n) is 3.81. The van der Waals surface area contributed by atoms with Crippen LogP contribution in [0.1, 0.15) is 25.7 Å². The molecule has 1 amide bonds.